The number of halogens is 1. The van der Waals surface area contributed by atoms with E-state index in [1.54, 1.807) is 11.9 Å². The van der Waals surface area contributed by atoms with E-state index in [2.05, 4.69) is 29.8 Å². The molecule has 0 saturated carbocycles. The van der Waals surface area contributed by atoms with Crippen molar-refractivity contribution in [1.29, 1.82) is 0 Å². The number of alkyl halides is 1. The van der Waals surface area contributed by atoms with Gasteiger partial charge in [-0.25, -0.2) is 0 Å². The van der Waals surface area contributed by atoms with Gasteiger partial charge in [-0.15, -0.1) is 0 Å². The number of likely N-dealkylation sites (N-methyl/N-ethyl adjacent to an activating group) is 1. The molecule has 0 aromatic heterocycles. The molecule has 0 spiro atoms. The van der Waals surface area contributed by atoms with Gasteiger partial charge in [-0.3, -0.25) is 4.79 Å². The summed E-state index contributed by atoms with van der Waals surface area (Å²) in [5.74, 6) is 0.774. The molecule has 0 atom stereocenters. The highest BCUT2D eigenvalue weighted by atomic mass is 79.9. The highest BCUT2D eigenvalue weighted by molar-refractivity contribution is 9.10. The number of amides is 1. The average molecular weight is 298 g/mol. The standard InChI is InChI=1S/C13H16BrNO2/c1-13(2,14)7-9-4-5-11-10(6-9)15(3)12(16)8-17-11/h4-6H,7-8H2,1-3H3. The summed E-state index contributed by atoms with van der Waals surface area (Å²) in [5.41, 5.74) is 2.05. The number of benzene rings is 1. The molecule has 17 heavy (non-hydrogen) atoms. The second-order valence-electron chi connectivity index (χ2n) is 4.94. The highest BCUT2D eigenvalue weighted by Crippen LogP contribution is 2.33. The quantitative estimate of drug-likeness (QED) is 0.786. The van der Waals surface area contributed by atoms with Gasteiger partial charge < -0.3 is 9.64 Å². The van der Waals surface area contributed by atoms with Crippen LogP contribution in [-0.4, -0.2) is 23.9 Å². The van der Waals surface area contributed by atoms with Crippen LogP contribution in [0.2, 0.25) is 0 Å². The number of hydrogen-bond donors (Lipinski definition) is 0. The normalized spacial score (nSPS) is 15.5. The van der Waals surface area contributed by atoms with Crippen molar-refractivity contribution in [3.63, 3.8) is 0 Å². The van der Waals surface area contributed by atoms with Gasteiger partial charge in [0.25, 0.3) is 5.91 Å². The van der Waals surface area contributed by atoms with E-state index in [4.69, 9.17) is 4.74 Å². The second-order valence-corrected chi connectivity index (χ2v) is 7.09. The van der Waals surface area contributed by atoms with Gasteiger partial charge in [0.15, 0.2) is 6.61 Å². The summed E-state index contributed by atoms with van der Waals surface area (Å²) in [5, 5.41) is 0. The SMILES string of the molecule is CN1C(=O)COc2ccc(CC(C)(C)Br)cc21. The molecule has 4 heteroatoms. The van der Waals surface area contributed by atoms with Gasteiger partial charge in [0.2, 0.25) is 0 Å². The third-order valence-corrected chi connectivity index (χ3v) is 3.01. The Balaban J connectivity index is 2.32. The van der Waals surface area contributed by atoms with Crippen LogP contribution in [-0.2, 0) is 11.2 Å². The Kier molecular flexibility index (Phi) is 3.17. The number of anilines is 1. The van der Waals surface area contributed by atoms with E-state index >= 15 is 0 Å². The minimum absolute atomic E-state index is 0.00671. The Labute approximate surface area is 110 Å². The molecule has 1 aliphatic heterocycles. The smallest absolute Gasteiger partial charge is 0.264 e. The average Bonchev–Trinajstić information content (AvgIpc) is 2.22. The first-order chi connectivity index (χ1) is 7.87. The maximum Gasteiger partial charge on any atom is 0.264 e. The van der Waals surface area contributed by atoms with Crippen molar-refractivity contribution in [2.75, 3.05) is 18.6 Å². The van der Waals surface area contributed by atoms with E-state index in [9.17, 15) is 4.79 Å². The van der Waals surface area contributed by atoms with E-state index in [0.29, 0.717) is 0 Å². The van der Waals surface area contributed by atoms with Crippen LogP contribution in [0.3, 0.4) is 0 Å². The Morgan fingerprint density at radius 3 is 2.82 bits per heavy atom. The van der Waals surface area contributed by atoms with Crippen molar-refractivity contribution >= 4 is 27.5 Å². The van der Waals surface area contributed by atoms with Crippen molar-refractivity contribution < 1.29 is 9.53 Å². The van der Waals surface area contributed by atoms with Crippen LogP contribution >= 0.6 is 15.9 Å². The first kappa shape index (κ1) is 12.4. The largest absolute Gasteiger partial charge is 0.482 e. The topological polar surface area (TPSA) is 29.5 Å². The lowest BCUT2D eigenvalue weighted by atomic mass is 10.0. The van der Waals surface area contributed by atoms with E-state index in [0.717, 1.165) is 17.9 Å². The number of fused-ring (bicyclic) bond motifs is 1. The van der Waals surface area contributed by atoms with E-state index in [1.807, 2.05) is 18.2 Å². The van der Waals surface area contributed by atoms with Gasteiger partial charge in [0.1, 0.15) is 5.75 Å². The second kappa shape index (κ2) is 4.33. The predicted octanol–water partition coefficient (Wildman–Crippen LogP) is 2.76. The third-order valence-electron chi connectivity index (χ3n) is 2.73. The lowest BCUT2D eigenvalue weighted by Crippen LogP contribution is -2.35. The molecular weight excluding hydrogens is 282 g/mol. The van der Waals surface area contributed by atoms with Gasteiger partial charge in [-0.2, -0.15) is 0 Å². The van der Waals surface area contributed by atoms with Crippen LogP contribution in [0.4, 0.5) is 5.69 Å². The number of hydrogen-bond acceptors (Lipinski definition) is 2. The van der Waals surface area contributed by atoms with Crippen LogP contribution in [0, 0.1) is 0 Å². The summed E-state index contributed by atoms with van der Waals surface area (Å²) >= 11 is 3.63. The highest BCUT2D eigenvalue weighted by Gasteiger charge is 2.23. The zero-order valence-corrected chi connectivity index (χ0v) is 11.9. The van der Waals surface area contributed by atoms with Crippen LogP contribution in [0.1, 0.15) is 19.4 Å². The molecule has 0 aliphatic carbocycles. The number of rotatable bonds is 2. The molecule has 1 aliphatic rings. The van der Waals surface area contributed by atoms with Crippen LogP contribution < -0.4 is 9.64 Å². The van der Waals surface area contributed by atoms with Crippen molar-refractivity contribution in [2.24, 2.45) is 0 Å². The molecule has 0 unspecified atom stereocenters. The van der Waals surface area contributed by atoms with Gasteiger partial charge in [-0.05, 0) is 38.0 Å². The lowest BCUT2D eigenvalue weighted by Gasteiger charge is -2.27. The minimum atomic E-state index is -0.00671. The van der Waals surface area contributed by atoms with Crippen molar-refractivity contribution in [2.45, 2.75) is 24.6 Å². The number of nitrogens with zero attached hydrogens (tertiary/aromatic N) is 1. The molecule has 1 heterocycles. The van der Waals surface area contributed by atoms with E-state index < -0.39 is 0 Å². The Morgan fingerprint density at radius 1 is 1.47 bits per heavy atom. The summed E-state index contributed by atoms with van der Waals surface area (Å²) in [7, 11) is 1.78. The van der Waals surface area contributed by atoms with Crippen LogP contribution in [0.15, 0.2) is 18.2 Å². The molecule has 0 fully saturated rings. The summed E-state index contributed by atoms with van der Waals surface area (Å²) in [6.07, 6.45) is 0.905. The molecular formula is C13H16BrNO2. The maximum absolute atomic E-state index is 11.5. The Hall–Kier alpha value is -1.03. The number of carbonyl (C=O) groups excluding carboxylic acids is 1. The summed E-state index contributed by atoms with van der Waals surface area (Å²) in [6, 6.07) is 6.01. The molecule has 1 aromatic carbocycles. The molecule has 1 aromatic rings. The Bertz CT molecular complexity index is 451. The maximum atomic E-state index is 11.5. The van der Waals surface area contributed by atoms with Crippen LogP contribution in [0.5, 0.6) is 5.75 Å². The summed E-state index contributed by atoms with van der Waals surface area (Å²) in [4.78, 5) is 13.2. The zero-order valence-electron chi connectivity index (χ0n) is 10.3. The zero-order chi connectivity index (χ0) is 12.6. The van der Waals surface area contributed by atoms with Gasteiger partial charge in [0, 0.05) is 11.4 Å². The number of carbonyl (C=O) groups is 1. The minimum Gasteiger partial charge on any atom is -0.482 e. The molecule has 0 saturated heterocycles. The van der Waals surface area contributed by atoms with Crippen molar-refractivity contribution in [1.82, 2.24) is 0 Å². The van der Waals surface area contributed by atoms with Crippen LogP contribution in [0.25, 0.3) is 0 Å². The fraction of sp³-hybridized carbons (Fsp3) is 0.462. The summed E-state index contributed by atoms with van der Waals surface area (Å²) in [6.45, 7) is 4.38. The molecule has 3 nitrogen and oxygen atoms in total. The lowest BCUT2D eigenvalue weighted by molar-refractivity contribution is -0.120. The van der Waals surface area contributed by atoms with Gasteiger partial charge in [-0.1, -0.05) is 22.0 Å². The molecule has 0 bridgehead atoms. The van der Waals surface area contributed by atoms with Crippen molar-refractivity contribution in [3.8, 4) is 5.75 Å². The molecule has 0 radical (unpaired) electrons. The first-order valence-electron chi connectivity index (χ1n) is 5.58. The number of ether oxygens (including phenoxy) is 1. The van der Waals surface area contributed by atoms with E-state index in [-0.39, 0.29) is 16.8 Å². The fourth-order valence-corrected chi connectivity index (χ4v) is 2.24. The Morgan fingerprint density at radius 2 is 2.18 bits per heavy atom. The molecule has 1 amide bonds. The molecule has 92 valence electrons. The summed E-state index contributed by atoms with van der Waals surface area (Å²) < 4.78 is 5.44. The van der Waals surface area contributed by atoms with Crippen molar-refractivity contribution in [3.05, 3.63) is 23.8 Å². The third kappa shape index (κ3) is 2.80. The fourth-order valence-electron chi connectivity index (χ4n) is 1.91. The van der Waals surface area contributed by atoms with Gasteiger partial charge >= 0.3 is 0 Å². The first-order valence-corrected chi connectivity index (χ1v) is 6.37. The predicted molar refractivity (Wildman–Crippen MR) is 72.1 cm³/mol. The monoisotopic (exact) mass is 297 g/mol. The van der Waals surface area contributed by atoms with Gasteiger partial charge in [0.05, 0.1) is 5.69 Å². The molecule has 2 rings (SSSR count). The molecule has 0 N–H and O–H groups in total. The van der Waals surface area contributed by atoms with E-state index in [1.165, 1.54) is 5.56 Å².